The van der Waals surface area contributed by atoms with Crippen LogP contribution in [0.25, 0.3) is 0 Å². The Kier molecular flexibility index (Phi) is 6.07. The van der Waals surface area contributed by atoms with Crippen LogP contribution < -0.4 is 10.2 Å². The van der Waals surface area contributed by atoms with Crippen LogP contribution in [0.1, 0.15) is 36.3 Å². The van der Waals surface area contributed by atoms with Crippen molar-refractivity contribution in [1.29, 1.82) is 5.26 Å². The second-order valence-corrected chi connectivity index (χ2v) is 6.52. The summed E-state index contributed by atoms with van der Waals surface area (Å²) in [6, 6.07) is 12.2. The van der Waals surface area contributed by atoms with Gasteiger partial charge in [-0.3, -0.25) is 4.79 Å². The third kappa shape index (κ3) is 5.01. The van der Waals surface area contributed by atoms with Gasteiger partial charge in [0.15, 0.2) is 0 Å². The van der Waals surface area contributed by atoms with Gasteiger partial charge < -0.3 is 10.2 Å². The molecule has 0 bridgehead atoms. The Bertz CT molecular complexity index is 735. The van der Waals surface area contributed by atoms with Gasteiger partial charge in [-0.2, -0.15) is 5.26 Å². The maximum Gasteiger partial charge on any atom is 0.271 e. The molecule has 0 aliphatic heterocycles. The van der Waals surface area contributed by atoms with Crippen LogP contribution in [0.5, 0.6) is 0 Å². The summed E-state index contributed by atoms with van der Waals surface area (Å²) < 4.78 is 0. The van der Waals surface area contributed by atoms with Gasteiger partial charge in [0.25, 0.3) is 5.91 Å². The molecule has 0 saturated heterocycles. The molecule has 130 valence electrons. The Morgan fingerprint density at radius 1 is 1.24 bits per heavy atom. The van der Waals surface area contributed by atoms with E-state index in [0.717, 1.165) is 5.56 Å². The number of rotatable bonds is 7. The number of benzene rings is 1. The van der Waals surface area contributed by atoms with Crippen molar-refractivity contribution in [1.82, 2.24) is 15.3 Å². The van der Waals surface area contributed by atoms with Crippen LogP contribution in [0.15, 0.2) is 42.7 Å². The smallest absolute Gasteiger partial charge is 0.271 e. The Balaban J connectivity index is 1.96. The van der Waals surface area contributed by atoms with Gasteiger partial charge in [-0.1, -0.05) is 44.2 Å². The molecule has 6 nitrogen and oxygen atoms in total. The van der Waals surface area contributed by atoms with E-state index in [1.165, 1.54) is 6.20 Å². The summed E-state index contributed by atoms with van der Waals surface area (Å²) in [6.45, 7) is 5.24. The summed E-state index contributed by atoms with van der Waals surface area (Å²) in [6.07, 6.45) is 3.42. The van der Waals surface area contributed by atoms with Gasteiger partial charge in [-0.15, -0.1) is 0 Å². The molecule has 1 aromatic heterocycles. The highest BCUT2D eigenvalue weighted by molar-refractivity contribution is 5.92. The fourth-order valence-electron chi connectivity index (χ4n) is 2.35. The molecule has 1 aromatic carbocycles. The molecule has 0 aliphatic carbocycles. The number of carbonyl (C=O) groups is 1. The summed E-state index contributed by atoms with van der Waals surface area (Å²) in [5.41, 5.74) is 1.26. The van der Waals surface area contributed by atoms with Gasteiger partial charge in [0.05, 0.1) is 24.9 Å². The molecule has 0 radical (unpaired) electrons. The number of nitrogens with one attached hydrogen (secondary N) is 1. The van der Waals surface area contributed by atoms with E-state index in [1.807, 2.05) is 30.1 Å². The predicted octanol–water partition coefficient (Wildman–Crippen LogP) is 2.53. The highest BCUT2D eigenvalue weighted by Crippen LogP contribution is 2.21. The van der Waals surface area contributed by atoms with Gasteiger partial charge in [-0.05, 0) is 5.56 Å². The lowest BCUT2D eigenvalue weighted by Gasteiger charge is -2.25. The average molecular weight is 337 g/mol. The Morgan fingerprint density at radius 2 is 1.96 bits per heavy atom. The zero-order chi connectivity index (χ0) is 18.3. The van der Waals surface area contributed by atoms with Gasteiger partial charge in [-0.25, -0.2) is 9.97 Å². The first-order valence-electron chi connectivity index (χ1n) is 8.18. The third-order valence-electron chi connectivity index (χ3n) is 4.07. The van der Waals surface area contributed by atoms with Gasteiger partial charge in [0.2, 0.25) is 0 Å². The fraction of sp³-hybridized carbons (Fsp3) is 0.368. The molecule has 0 aliphatic rings. The van der Waals surface area contributed by atoms with E-state index >= 15 is 0 Å². The van der Waals surface area contributed by atoms with Crippen LogP contribution >= 0.6 is 0 Å². The van der Waals surface area contributed by atoms with Crippen molar-refractivity contribution in [3.05, 3.63) is 54.0 Å². The standard InChI is InChI=1S/C19H23N5O/c1-19(2,15-8-5-4-6-9-15)14-23-18(25)16-12-22-17(13-21-16)24(3)11-7-10-20/h4-6,8-9,12-13H,7,11,14H2,1-3H3,(H,23,25). The lowest BCUT2D eigenvalue weighted by atomic mass is 9.84. The highest BCUT2D eigenvalue weighted by atomic mass is 16.1. The van der Waals surface area contributed by atoms with E-state index in [9.17, 15) is 4.79 Å². The number of nitrogens with zero attached hydrogens (tertiary/aromatic N) is 4. The Hall–Kier alpha value is -2.94. The Labute approximate surface area is 148 Å². The first-order chi connectivity index (χ1) is 11.9. The monoisotopic (exact) mass is 337 g/mol. The number of amides is 1. The molecule has 2 aromatic rings. The summed E-state index contributed by atoms with van der Waals surface area (Å²) >= 11 is 0. The average Bonchev–Trinajstić information content (AvgIpc) is 2.65. The topological polar surface area (TPSA) is 81.9 Å². The molecule has 2 rings (SSSR count). The normalized spacial score (nSPS) is 10.8. The maximum absolute atomic E-state index is 12.3. The van der Waals surface area contributed by atoms with Crippen LogP contribution in [0.2, 0.25) is 0 Å². The molecule has 0 fully saturated rings. The molecular formula is C19H23N5O. The van der Waals surface area contributed by atoms with Crippen LogP contribution in [0, 0.1) is 11.3 Å². The van der Waals surface area contributed by atoms with Crippen LogP contribution in [0.4, 0.5) is 5.82 Å². The number of hydrogen-bond donors (Lipinski definition) is 1. The SMILES string of the molecule is CN(CCC#N)c1cnc(C(=O)NCC(C)(C)c2ccccc2)cn1. The van der Waals surface area contributed by atoms with Crippen molar-refractivity contribution in [2.75, 3.05) is 25.0 Å². The number of hydrogen-bond acceptors (Lipinski definition) is 5. The van der Waals surface area contributed by atoms with E-state index in [4.69, 9.17) is 5.26 Å². The van der Waals surface area contributed by atoms with Crippen molar-refractivity contribution < 1.29 is 4.79 Å². The van der Waals surface area contributed by atoms with Gasteiger partial charge in [0.1, 0.15) is 11.5 Å². The number of anilines is 1. The molecular weight excluding hydrogens is 314 g/mol. The quantitative estimate of drug-likeness (QED) is 0.839. The molecule has 1 N–H and O–H groups in total. The molecule has 0 saturated carbocycles. The van der Waals surface area contributed by atoms with E-state index in [1.54, 1.807) is 6.20 Å². The zero-order valence-corrected chi connectivity index (χ0v) is 14.9. The first-order valence-corrected chi connectivity index (χ1v) is 8.18. The Morgan fingerprint density at radius 3 is 2.56 bits per heavy atom. The minimum Gasteiger partial charge on any atom is -0.357 e. The molecule has 1 heterocycles. The number of aromatic nitrogens is 2. The predicted molar refractivity (Wildman–Crippen MR) is 97.3 cm³/mol. The summed E-state index contributed by atoms with van der Waals surface area (Å²) in [7, 11) is 1.84. The van der Waals surface area contributed by atoms with Gasteiger partial charge >= 0.3 is 0 Å². The van der Waals surface area contributed by atoms with E-state index in [2.05, 4.69) is 47.3 Å². The van der Waals surface area contributed by atoms with Crippen LogP contribution in [0.3, 0.4) is 0 Å². The van der Waals surface area contributed by atoms with Crippen LogP contribution in [-0.4, -0.2) is 36.0 Å². The lowest BCUT2D eigenvalue weighted by molar-refractivity contribution is 0.0940. The van der Waals surface area contributed by atoms with Gasteiger partial charge in [0, 0.05) is 25.6 Å². The lowest BCUT2D eigenvalue weighted by Crippen LogP contribution is -2.37. The van der Waals surface area contributed by atoms with E-state index < -0.39 is 0 Å². The summed E-state index contributed by atoms with van der Waals surface area (Å²) in [5, 5.41) is 11.5. The van der Waals surface area contributed by atoms with Crippen LogP contribution in [-0.2, 0) is 5.41 Å². The molecule has 0 spiro atoms. The first kappa shape index (κ1) is 18.4. The highest BCUT2D eigenvalue weighted by Gasteiger charge is 2.21. The van der Waals surface area contributed by atoms with Crippen molar-refractivity contribution in [3.63, 3.8) is 0 Å². The fourth-order valence-corrected chi connectivity index (χ4v) is 2.35. The number of nitriles is 1. The van der Waals surface area contributed by atoms with Crippen molar-refractivity contribution in [2.45, 2.75) is 25.7 Å². The second kappa shape index (κ2) is 8.25. The molecule has 0 atom stereocenters. The summed E-state index contributed by atoms with van der Waals surface area (Å²) in [4.78, 5) is 22.6. The molecule has 0 unspecified atom stereocenters. The largest absolute Gasteiger partial charge is 0.357 e. The van der Waals surface area contributed by atoms with Crippen molar-refractivity contribution in [3.8, 4) is 6.07 Å². The molecule has 1 amide bonds. The minimum absolute atomic E-state index is 0.179. The second-order valence-electron chi connectivity index (χ2n) is 6.52. The third-order valence-corrected chi connectivity index (χ3v) is 4.07. The van der Waals surface area contributed by atoms with E-state index in [0.29, 0.717) is 25.3 Å². The molecule has 6 heteroatoms. The molecule has 25 heavy (non-hydrogen) atoms. The summed E-state index contributed by atoms with van der Waals surface area (Å²) in [5.74, 6) is 0.388. The maximum atomic E-state index is 12.3. The zero-order valence-electron chi connectivity index (χ0n) is 14.9. The van der Waals surface area contributed by atoms with Crippen molar-refractivity contribution in [2.24, 2.45) is 0 Å². The minimum atomic E-state index is -0.247. The number of carbonyl (C=O) groups excluding carboxylic acids is 1. The van der Waals surface area contributed by atoms with E-state index in [-0.39, 0.29) is 17.0 Å². The van der Waals surface area contributed by atoms with Crippen molar-refractivity contribution >= 4 is 11.7 Å².